The number of likely N-dealkylation sites (tertiary alicyclic amines) is 2. The molecule has 3 aromatic carbocycles. The highest BCUT2D eigenvalue weighted by atomic mass is 35.5. The van der Waals surface area contributed by atoms with E-state index in [4.69, 9.17) is 42.4 Å². The average Bonchev–Trinajstić information content (AvgIpc) is 3.66. The molecule has 0 saturated carbocycles. The van der Waals surface area contributed by atoms with Crippen LogP contribution in [0.15, 0.2) is 54.6 Å². The van der Waals surface area contributed by atoms with Gasteiger partial charge in [-0.15, -0.1) is 0 Å². The Hall–Kier alpha value is -3.66. The number of halogens is 2. The molecular weight excluding hydrogens is 625 g/mol. The minimum absolute atomic E-state index is 0.0741. The molecule has 1 amide bonds. The molecule has 0 unspecified atom stereocenters. The van der Waals surface area contributed by atoms with E-state index >= 15 is 0 Å². The summed E-state index contributed by atoms with van der Waals surface area (Å²) < 4.78 is 18.6. The predicted molar refractivity (Wildman–Crippen MR) is 183 cm³/mol. The van der Waals surface area contributed by atoms with Crippen molar-refractivity contribution in [3.05, 3.63) is 75.8 Å². The Morgan fingerprint density at radius 3 is 2.33 bits per heavy atom. The maximum Gasteiger partial charge on any atom is 0.254 e. The summed E-state index contributed by atoms with van der Waals surface area (Å²) in [6.07, 6.45) is 3.79. The lowest BCUT2D eigenvalue weighted by molar-refractivity contribution is 0.0779. The molecule has 1 atom stereocenters. The number of aryl methyl sites for hydroxylation is 1. The van der Waals surface area contributed by atoms with Gasteiger partial charge in [-0.05, 0) is 74.2 Å². The van der Waals surface area contributed by atoms with E-state index in [9.17, 15) is 4.79 Å². The molecule has 4 aromatic rings. The van der Waals surface area contributed by atoms with Crippen LogP contribution in [0.3, 0.4) is 0 Å². The van der Waals surface area contributed by atoms with Crippen LogP contribution < -0.4 is 19.5 Å². The van der Waals surface area contributed by atoms with Crippen molar-refractivity contribution in [3.63, 3.8) is 0 Å². The first-order valence-corrected chi connectivity index (χ1v) is 16.5. The minimum Gasteiger partial charge on any atom is -0.493 e. The second kappa shape index (κ2) is 13.6. The molecule has 11 heteroatoms. The standard InChI is InChI=1S/C35H41Cl2N5O4/c1-40-29-8-6-5-7-28(29)39-34(40)38-25-11-15-41(16-12-25)17-13-35(24-9-10-26(36)27(37)21-24)14-18-42(22-35)33(43)23-19-30(44-2)32(46-4)31(20-23)45-3/h5-10,19-21,25H,11-18,22H2,1-4H3,(H,38,39)/t35-/m1/s1. The summed E-state index contributed by atoms with van der Waals surface area (Å²) in [5.41, 5.74) is 3.48. The third kappa shape index (κ3) is 6.33. The molecule has 244 valence electrons. The number of hydrogen-bond acceptors (Lipinski definition) is 7. The molecule has 2 aliphatic heterocycles. The van der Waals surface area contributed by atoms with Gasteiger partial charge in [0.2, 0.25) is 11.7 Å². The van der Waals surface area contributed by atoms with Crippen LogP contribution in [0.5, 0.6) is 17.2 Å². The smallest absolute Gasteiger partial charge is 0.254 e. The van der Waals surface area contributed by atoms with Crippen LogP contribution in [0.25, 0.3) is 11.0 Å². The van der Waals surface area contributed by atoms with Crippen LogP contribution in [0.2, 0.25) is 10.0 Å². The summed E-state index contributed by atoms with van der Waals surface area (Å²) in [6.45, 7) is 4.11. The summed E-state index contributed by atoms with van der Waals surface area (Å²) in [5, 5.41) is 4.74. The fraction of sp³-hybridized carbons (Fsp3) is 0.429. The molecule has 1 aromatic heterocycles. The van der Waals surface area contributed by atoms with Gasteiger partial charge in [-0.1, -0.05) is 41.4 Å². The first kappa shape index (κ1) is 32.3. The lowest BCUT2D eigenvalue weighted by atomic mass is 9.76. The highest BCUT2D eigenvalue weighted by Gasteiger charge is 2.42. The summed E-state index contributed by atoms with van der Waals surface area (Å²) in [5.74, 6) is 2.21. The van der Waals surface area contributed by atoms with Crippen molar-refractivity contribution in [3.8, 4) is 17.2 Å². The van der Waals surface area contributed by atoms with Gasteiger partial charge in [0.1, 0.15) is 0 Å². The Kier molecular flexibility index (Phi) is 9.54. The Bertz CT molecular complexity index is 1700. The number of para-hydroxylation sites is 2. The van der Waals surface area contributed by atoms with Gasteiger partial charge in [0.25, 0.3) is 5.91 Å². The summed E-state index contributed by atoms with van der Waals surface area (Å²) in [4.78, 5) is 23.2. The van der Waals surface area contributed by atoms with Crippen molar-refractivity contribution < 1.29 is 19.0 Å². The SMILES string of the molecule is COc1cc(C(=O)N2CC[C@@](CCN3CCC(Nc4nc5ccccc5n4C)CC3)(c3ccc(Cl)c(Cl)c3)C2)cc(OC)c1OC. The van der Waals surface area contributed by atoms with E-state index < -0.39 is 0 Å². The zero-order chi connectivity index (χ0) is 32.4. The van der Waals surface area contributed by atoms with E-state index in [1.165, 1.54) is 0 Å². The van der Waals surface area contributed by atoms with Gasteiger partial charge in [0.05, 0.1) is 42.4 Å². The van der Waals surface area contributed by atoms with Gasteiger partial charge in [0.15, 0.2) is 11.5 Å². The normalized spacial score (nSPS) is 19.0. The lowest BCUT2D eigenvalue weighted by Gasteiger charge is -2.36. The summed E-state index contributed by atoms with van der Waals surface area (Å²) in [7, 11) is 6.72. The Morgan fingerprint density at radius 1 is 0.957 bits per heavy atom. The van der Waals surface area contributed by atoms with Crippen molar-refractivity contribution in [2.24, 2.45) is 7.05 Å². The number of imidazole rings is 1. The number of methoxy groups -OCH3 is 3. The van der Waals surface area contributed by atoms with Crippen LogP contribution in [0, 0.1) is 0 Å². The number of rotatable bonds is 10. The highest BCUT2D eigenvalue weighted by molar-refractivity contribution is 6.42. The van der Waals surface area contributed by atoms with E-state index in [-0.39, 0.29) is 11.3 Å². The lowest BCUT2D eigenvalue weighted by Crippen LogP contribution is -2.42. The largest absolute Gasteiger partial charge is 0.493 e. The van der Waals surface area contributed by atoms with Crippen LogP contribution in [-0.4, -0.2) is 85.4 Å². The number of carbonyl (C=O) groups is 1. The first-order chi connectivity index (χ1) is 22.2. The van der Waals surface area contributed by atoms with Gasteiger partial charge >= 0.3 is 0 Å². The Balaban J connectivity index is 1.15. The van der Waals surface area contributed by atoms with Crippen molar-refractivity contribution in [2.75, 3.05) is 59.4 Å². The minimum atomic E-state index is -0.257. The van der Waals surface area contributed by atoms with Gasteiger partial charge in [0, 0.05) is 50.2 Å². The highest BCUT2D eigenvalue weighted by Crippen LogP contribution is 2.42. The van der Waals surface area contributed by atoms with Crippen molar-refractivity contribution in [1.29, 1.82) is 0 Å². The predicted octanol–water partition coefficient (Wildman–Crippen LogP) is 6.66. The van der Waals surface area contributed by atoms with E-state index in [1.807, 2.05) is 29.2 Å². The van der Waals surface area contributed by atoms with Crippen LogP contribution in [0.1, 0.15) is 41.6 Å². The number of anilines is 1. The molecule has 1 N–H and O–H groups in total. The number of aromatic nitrogens is 2. The van der Waals surface area contributed by atoms with Crippen molar-refractivity contribution >= 4 is 46.1 Å². The number of amides is 1. The number of nitrogens with zero attached hydrogens (tertiary/aromatic N) is 4. The molecule has 3 heterocycles. The molecule has 9 nitrogen and oxygen atoms in total. The third-order valence-electron chi connectivity index (χ3n) is 9.70. The molecule has 2 aliphatic rings. The van der Waals surface area contributed by atoms with E-state index in [2.05, 4.69) is 40.0 Å². The first-order valence-electron chi connectivity index (χ1n) is 15.7. The number of piperidine rings is 1. The fourth-order valence-corrected chi connectivity index (χ4v) is 7.27. The monoisotopic (exact) mass is 665 g/mol. The second-order valence-electron chi connectivity index (χ2n) is 12.3. The molecule has 0 radical (unpaired) electrons. The molecular formula is C35H41Cl2N5O4. The Morgan fingerprint density at radius 2 is 1.67 bits per heavy atom. The van der Waals surface area contributed by atoms with Gasteiger partial charge in [-0.3, -0.25) is 4.79 Å². The number of hydrogen-bond donors (Lipinski definition) is 1. The van der Waals surface area contributed by atoms with E-state index in [0.29, 0.717) is 52.0 Å². The fourth-order valence-electron chi connectivity index (χ4n) is 6.97. The molecule has 6 rings (SSSR count). The van der Waals surface area contributed by atoms with Crippen LogP contribution in [0.4, 0.5) is 5.95 Å². The number of nitrogens with one attached hydrogen (secondary N) is 1. The molecule has 2 saturated heterocycles. The molecule has 46 heavy (non-hydrogen) atoms. The maximum absolute atomic E-state index is 13.9. The number of benzene rings is 3. The quantitative estimate of drug-likeness (QED) is 0.203. The molecule has 0 aliphatic carbocycles. The number of carbonyl (C=O) groups excluding carboxylic acids is 1. The number of ether oxygens (including phenoxy) is 3. The Labute approximate surface area is 280 Å². The third-order valence-corrected chi connectivity index (χ3v) is 10.4. The molecule has 0 spiro atoms. The summed E-state index contributed by atoms with van der Waals surface area (Å²) in [6, 6.07) is 17.9. The zero-order valence-corrected chi connectivity index (χ0v) is 28.3. The van der Waals surface area contributed by atoms with Gasteiger partial charge < -0.3 is 33.9 Å². The zero-order valence-electron chi connectivity index (χ0n) is 26.8. The van der Waals surface area contributed by atoms with E-state index in [0.717, 1.165) is 67.9 Å². The second-order valence-corrected chi connectivity index (χ2v) is 13.1. The van der Waals surface area contributed by atoms with Gasteiger partial charge in [-0.2, -0.15) is 0 Å². The maximum atomic E-state index is 13.9. The summed E-state index contributed by atoms with van der Waals surface area (Å²) >= 11 is 12.9. The topological polar surface area (TPSA) is 81.1 Å². The van der Waals surface area contributed by atoms with Gasteiger partial charge in [-0.25, -0.2) is 4.98 Å². The van der Waals surface area contributed by atoms with Crippen LogP contribution in [-0.2, 0) is 12.5 Å². The molecule has 0 bridgehead atoms. The van der Waals surface area contributed by atoms with E-state index in [1.54, 1.807) is 33.5 Å². The molecule has 2 fully saturated rings. The van der Waals surface area contributed by atoms with Crippen LogP contribution >= 0.6 is 23.2 Å². The number of fused-ring (bicyclic) bond motifs is 1. The average molecular weight is 667 g/mol. The van der Waals surface area contributed by atoms with Crippen molar-refractivity contribution in [1.82, 2.24) is 19.4 Å². The van der Waals surface area contributed by atoms with Crippen molar-refractivity contribution in [2.45, 2.75) is 37.1 Å².